The van der Waals surface area contributed by atoms with E-state index in [1.807, 2.05) is 6.92 Å². The molecule has 130 valence electrons. The van der Waals surface area contributed by atoms with Crippen molar-refractivity contribution in [2.45, 2.75) is 37.5 Å². The number of allylic oxidation sites excluding steroid dienone is 2. The van der Waals surface area contributed by atoms with E-state index >= 15 is 0 Å². The van der Waals surface area contributed by atoms with Crippen LogP contribution >= 0.6 is 0 Å². The Morgan fingerprint density at radius 2 is 1.92 bits per heavy atom. The molecular formula is C20H21NO3S. The summed E-state index contributed by atoms with van der Waals surface area (Å²) in [5, 5.41) is 0. The van der Waals surface area contributed by atoms with Gasteiger partial charge in [0.15, 0.2) is 0 Å². The molecule has 2 rings (SSSR count). The molecule has 0 saturated heterocycles. The van der Waals surface area contributed by atoms with E-state index in [4.69, 9.17) is 0 Å². The van der Waals surface area contributed by atoms with E-state index in [0.29, 0.717) is 6.29 Å². The van der Waals surface area contributed by atoms with Crippen LogP contribution < -0.4 is 0 Å². The molecule has 1 aliphatic rings. The molecule has 0 N–H and O–H groups in total. The number of hydrogen-bond donors (Lipinski definition) is 0. The maximum absolute atomic E-state index is 12.6. The first-order chi connectivity index (χ1) is 12.0. The molecule has 0 fully saturated rings. The number of nitrogens with zero attached hydrogens (tertiary/aromatic N) is 1. The SMILES string of the molecule is Cc1ccc(S(=O)(=O)N(CC#CC#CC2=CCCCC2)CC=O)cc1. The smallest absolute Gasteiger partial charge is 0.244 e. The van der Waals surface area contributed by atoms with Crippen LogP contribution in [-0.2, 0) is 14.8 Å². The van der Waals surface area contributed by atoms with Crippen molar-refractivity contribution in [1.29, 1.82) is 0 Å². The standard InChI is InChI=1S/C20H21NO3S/c1-18-11-13-20(14-12-18)25(23,24)21(16-17-22)15-7-3-6-10-19-8-4-2-5-9-19/h8,11-14,17H,2,4-5,9,15-16H2,1H3. The van der Waals surface area contributed by atoms with Crippen molar-refractivity contribution < 1.29 is 13.2 Å². The molecule has 0 radical (unpaired) electrons. The minimum absolute atomic E-state index is 0.0668. The first kappa shape index (κ1) is 19.0. The molecule has 0 amide bonds. The number of rotatable bonds is 5. The second-order valence-corrected chi connectivity index (χ2v) is 7.74. The molecular weight excluding hydrogens is 334 g/mol. The van der Waals surface area contributed by atoms with E-state index in [0.717, 1.165) is 34.7 Å². The highest BCUT2D eigenvalue weighted by Gasteiger charge is 2.23. The zero-order chi connectivity index (χ0) is 18.1. The molecule has 1 aromatic rings. The summed E-state index contributed by atoms with van der Waals surface area (Å²) in [5.74, 6) is 11.2. The lowest BCUT2D eigenvalue weighted by Crippen LogP contribution is -2.33. The second kappa shape index (κ2) is 9.22. The van der Waals surface area contributed by atoms with Gasteiger partial charge in [-0.15, -0.1) is 0 Å². The number of carbonyl (C=O) groups is 1. The fourth-order valence-electron chi connectivity index (χ4n) is 2.43. The predicted octanol–water partition coefficient (Wildman–Crippen LogP) is 2.69. The average Bonchev–Trinajstić information content (AvgIpc) is 2.61. The minimum Gasteiger partial charge on any atom is -0.302 e. The summed E-state index contributed by atoms with van der Waals surface area (Å²) in [4.78, 5) is 11.0. The van der Waals surface area contributed by atoms with Gasteiger partial charge in [-0.25, -0.2) is 8.42 Å². The Hall–Kier alpha value is -2.34. The highest BCUT2D eigenvalue weighted by Crippen LogP contribution is 2.16. The van der Waals surface area contributed by atoms with Crippen LogP contribution in [0.1, 0.15) is 31.2 Å². The second-order valence-electron chi connectivity index (χ2n) is 5.80. The Labute approximate surface area is 150 Å². The van der Waals surface area contributed by atoms with Crippen molar-refractivity contribution in [2.24, 2.45) is 0 Å². The highest BCUT2D eigenvalue weighted by atomic mass is 32.2. The Morgan fingerprint density at radius 1 is 1.16 bits per heavy atom. The summed E-state index contributed by atoms with van der Waals surface area (Å²) in [6.07, 6.45) is 7.07. The van der Waals surface area contributed by atoms with Gasteiger partial charge in [-0.3, -0.25) is 0 Å². The zero-order valence-corrected chi connectivity index (χ0v) is 15.1. The molecule has 1 aliphatic carbocycles. The summed E-state index contributed by atoms with van der Waals surface area (Å²) < 4.78 is 26.3. The van der Waals surface area contributed by atoms with Gasteiger partial charge in [-0.1, -0.05) is 35.6 Å². The summed E-state index contributed by atoms with van der Waals surface area (Å²) in [6.45, 7) is 1.58. The molecule has 0 spiro atoms. The van der Waals surface area contributed by atoms with Gasteiger partial charge < -0.3 is 4.79 Å². The Kier molecular flexibility index (Phi) is 7.01. The molecule has 1 aromatic carbocycles. The highest BCUT2D eigenvalue weighted by molar-refractivity contribution is 7.89. The van der Waals surface area contributed by atoms with Crippen LogP contribution in [0.25, 0.3) is 0 Å². The maximum Gasteiger partial charge on any atom is 0.244 e. The molecule has 0 bridgehead atoms. The lowest BCUT2D eigenvalue weighted by atomic mass is 10.0. The summed E-state index contributed by atoms with van der Waals surface area (Å²) in [7, 11) is -3.75. The van der Waals surface area contributed by atoms with Crippen molar-refractivity contribution in [2.75, 3.05) is 13.1 Å². The number of aldehydes is 1. The zero-order valence-electron chi connectivity index (χ0n) is 14.3. The summed E-state index contributed by atoms with van der Waals surface area (Å²) in [6, 6.07) is 6.51. The number of hydrogen-bond acceptors (Lipinski definition) is 3. The Morgan fingerprint density at radius 3 is 2.56 bits per heavy atom. The van der Waals surface area contributed by atoms with E-state index in [9.17, 15) is 13.2 Å². The number of sulfonamides is 1. The molecule has 0 unspecified atom stereocenters. The van der Waals surface area contributed by atoms with E-state index in [2.05, 4.69) is 29.8 Å². The van der Waals surface area contributed by atoms with Gasteiger partial charge in [-0.05, 0) is 62.2 Å². The molecule has 25 heavy (non-hydrogen) atoms. The van der Waals surface area contributed by atoms with E-state index in [1.54, 1.807) is 12.1 Å². The third-order valence-corrected chi connectivity index (χ3v) is 5.68. The van der Waals surface area contributed by atoms with Crippen LogP contribution in [0.3, 0.4) is 0 Å². The van der Waals surface area contributed by atoms with Crippen LogP contribution in [0, 0.1) is 30.6 Å². The van der Waals surface area contributed by atoms with Gasteiger partial charge in [0.2, 0.25) is 10.0 Å². The third kappa shape index (κ3) is 5.60. The normalized spacial score (nSPS) is 13.9. The van der Waals surface area contributed by atoms with Crippen molar-refractivity contribution in [3.05, 3.63) is 41.5 Å². The van der Waals surface area contributed by atoms with Crippen LogP contribution in [0.15, 0.2) is 40.8 Å². The van der Waals surface area contributed by atoms with E-state index < -0.39 is 10.0 Å². The number of carbonyl (C=O) groups excluding carboxylic acids is 1. The molecule has 4 nitrogen and oxygen atoms in total. The lowest BCUT2D eigenvalue weighted by Gasteiger charge is -2.17. The predicted molar refractivity (Wildman–Crippen MR) is 98.1 cm³/mol. The van der Waals surface area contributed by atoms with Crippen LogP contribution in [0.2, 0.25) is 0 Å². The monoisotopic (exact) mass is 355 g/mol. The van der Waals surface area contributed by atoms with E-state index in [1.165, 1.54) is 18.6 Å². The van der Waals surface area contributed by atoms with Crippen molar-refractivity contribution >= 4 is 16.3 Å². The van der Waals surface area contributed by atoms with Crippen LogP contribution in [0.5, 0.6) is 0 Å². The maximum atomic E-state index is 12.6. The Bertz CT molecular complexity index is 859. The molecule has 0 atom stereocenters. The largest absolute Gasteiger partial charge is 0.302 e. The Balaban J connectivity index is 2.09. The van der Waals surface area contributed by atoms with Gasteiger partial charge in [0.05, 0.1) is 18.0 Å². The fraction of sp³-hybridized carbons (Fsp3) is 0.350. The van der Waals surface area contributed by atoms with Gasteiger partial charge >= 0.3 is 0 Å². The molecule has 5 heteroatoms. The minimum atomic E-state index is -3.75. The first-order valence-electron chi connectivity index (χ1n) is 8.22. The number of benzene rings is 1. The first-order valence-corrected chi connectivity index (χ1v) is 9.66. The van der Waals surface area contributed by atoms with Crippen molar-refractivity contribution in [1.82, 2.24) is 4.31 Å². The average molecular weight is 355 g/mol. The quantitative estimate of drug-likeness (QED) is 0.603. The molecule has 0 aliphatic heterocycles. The van der Waals surface area contributed by atoms with Crippen molar-refractivity contribution in [3.8, 4) is 23.7 Å². The van der Waals surface area contributed by atoms with Crippen molar-refractivity contribution in [3.63, 3.8) is 0 Å². The van der Waals surface area contributed by atoms with Crippen LogP contribution in [0.4, 0.5) is 0 Å². The summed E-state index contributed by atoms with van der Waals surface area (Å²) in [5.41, 5.74) is 2.06. The fourth-order valence-corrected chi connectivity index (χ4v) is 3.69. The summed E-state index contributed by atoms with van der Waals surface area (Å²) >= 11 is 0. The molecule has 0 saturated carbocycles. The van der Waals surface area contributed by atoms with Gasteiger partial charge in [0, 0.05) is 0 Å². The molecule has 0 aromatic heterocycles. The van der Waals surface area contributed by atoms with Crippen LogP contribution in [-0.4, -0.2) is 32.1 Å². The third-order valence-electron chi connectivity index (χ3n) is 3.86. The molecule has 0 heterocycles. The van der Waals surface area contributed by atoms with E-state index in [-0.39, 0.29) is 18.0 Å². The van der Waals surface area contributed by atoms with Gasteiger partial charge in [0.25, 0.3) is 0 Å². The van der Waals surface area contributed by atoms with Gasteiger partial charge in [0.1, 0.15) is 6.29 Å². The topological polar surface area (TPSA) is 54.5 Å². The van der Waals surface area contributed by atoms with Gasteiger partial charge in [-0.2, -0.15) is 4.31 Å². The lowest BCUT2D eigenvalue weighted by molar-refractivity contribution is -0.108. The number of aryl methyl sites for hydroxylation is 1.